The van der Waals surface area contributed by atoms with Gasteiger partial charge in [0, 0.05) is 25.7 Å². The van der Waals surface area contributed by atoms with E-state index in [4.69, 9.17) is 0 Å². The summed E-state index contributed by atoms with van der Waals surface area (Å²) >= 11 is 2.91. The molecule has 100 valence electrons. The number of benzene rings is 1. The Balaban J connectivity index is 3.22. The molecule has 18 heavy (non-hydrogen) atoms. The summed E-state index contributed by atoms with van der Waals surface area (Å²) in [4.78, 5) is 11.8. The Hall–Kier alpha value is -1.21. The Morgan fingerprint density at radius 1 is 1.56 bits per heavy atom. The quantitative estimate of drug-likeness (QED) is 0.684. The lowest BCUT2D eigenvalue weighted by atomic mass is 10.1. The second kappa shape index (κ2) is 5.19. The van der Waals surface area contributed by atoms with Gasteiger partial charge in [0.15, 0.2) is 0 Å². The minimum absolute atomic E-state index is 0.0367. The van der Waals surface area contributed by atoms with Gasteiger partial charge in [-0.2, -0.15) is 0 Å². The highest BCUT2D eigenvalue weighted by atomic mass is 79.9. The standard InChI is InChI=1S/C11H14BrFN2O3/c1-11(2,16)6-14(3)9-5-8(13)7(12)4-10(9)15(17)18/h4-5,16H,6H2,1-3H3. The highest BCUT2D eigenvalue weighted by Crippen LogP contribution is 2.33. The molecule has 5 nitrogen and oxygen atoms in total. The third-order valence-electron chi connectivity index (χ3n) is 2.25. The molecule has 0 radical (unpaired) electrons. The van der Waals surface area contributed by atoms with E-state index in [1.165, 1.54) is 4.90 Å². The third kappa shape index (κ3) is 3.64. The SMILES string of the molecule is CN(CC(C)(C)O)c1cc(F)c(Br)cc1[N+](=O)[O-]. The maximum atomic E-state index is 13.5. The predicted octanol–water partition coefficient (Wildman–Crippen LogP) is 2.70. The fourth-order valence-electron chi connectivity index (χ4n) is 1.64. The first-order chi connectivity index (χ1) is 8.11. The van der Waals surface area contributed by atoms with Gasteiger partial charge in [-0.3, -0.25) is 10.1 Å². The number of anilines is 1. The van der Waals surface area contributed by atoms with Crippen molar-refractivity contribution in [1.82, 2.24) is 0 Å². The summed E-state index contributed by atoms with van der Waals surface area (Å²) in [6.07, 6.45) is 0. The largest absolute Gasteiger partial charge is 0.389 e. The summed E-state index contributed by atoms with van der Waals surface area (Å²) in [6, 6.07) is 2.19. The van der Waals surface area contributed by atoms with E-state index in [1.54, 1.807) is 20.9 Å². The second-order valence-corrected chi connectivity index (χ2v) is 5.53. The lowest BCUT2D eigenvalue weighted by molar-refractivity contribution is -0.384. The molecule has 7 heteroatoms. The van der Waals surface area contributed by atoms with Gasteiger partial charge in [-0.05, 0) is 29.8 Å². The Bertz CT molecular complexity index is 474. The van der Waals surface area contributed by atoms with E-state index < -0.39 is 16.3 Å². The highest BCUT2D eigenvalue weighted by Gasteiger charge is 2.24. The first-order valence-corrected chi connectivity index (χ1v) is 5.98. The number of hydrogen-bond acceptors (Lipinski definition) is 4. The molecule has 1 aromatic rings. The van der Waals surface area contributed by atoms with Crippen LogP contribution < -0.4 is 4.90 Å². The van der Waals surface area contributed by atoms with Crippen molar-refractivity contribution < 1.29 is 14.4 Å². The molecule has 0 fully saturated rings. The molecular formula is C11H14BrFN2O3. The van der Waals surface area contributed by atoms with E-state index in [0.717, 1.165) is 12.1 Å². The smallest absolute Gasteiger partial charge is 0.293 e. The van der Waals surface area contributed by atoms with E-state index in [-0.39, 0.29) is 22.4 Å². The molecular weight excluding hydrogens is 307 g/mol. The first-order valence-electron chi connectivity index (χ1n) is 5.19. The number of rotatable bonds is 4. The van der Waals surface area contributed by atoms with Crippen LogP contribution in [0, 0.1) is 15.9 Å². The van der Waals surface area contributed by atoms with Crippen LogP contribution in [0.1, 0.15) is 13.8 Å². The Morgan fingerprint density at radius 3 is 2.56 bits per heavy atom. The number of nitrogens with zero attached hydrogens (tertiary/aromatic N) is 2. The summed E-state index contributed by atoms with van der Waals surface area (Å²) in [5.74, 6) is -0.585. The maximum absolute atomic E-state index is 13.5. The van der Waals surface area contributed by atoms with Crippen LogP contribution in [-0.4, -0.2) is 29.2 Å². The molecule has 0 heterocycles. The van der Waals surface area contributed by atoms with Crippen molar-refractivity contribution in [3.63, 3.8) is 0 Å². The molecule has 0 aliphatic rings. The number of nitro benzene ring substituents is 1. The number of hydrogen-bond donors (Lipinski definition) is 1. The van der Waals surface area contributed by atoms with Crippen LogP contribution in [0.4, 0.5) is 15.8 Å². The summed E-state index contributed by atoms with van der Waals surface area (Å²) < 4.78 is 13.5. The maximum Gasteiger partial charge on any atom is 0.293 e. The molecule has 0 saturated carbocycles. The van der Waals surface area contributed by atoms with E-state index in [9.17, 15) is 19.6 Å². The zero-order valence-electron chi connectivity index (χ0n) is 10.3. The van der Waals surface area contributed by atoms with Crippen molar-refractivity contribution in [3.8, 4) is 0 Å². The van der Waals surface area contributed by atoms with Crippen LogP contribution >= 0.6 is 15.9 Å². The van der Waals surface area contributed by atoms with Crippen molar-refractivity contribution in [3.05, 3.63) is 32.5 Å². The van der Waals surface area contributed by atoms with Crippen molar-refractivity contribution >= 4 is 27.3 Å². The van der Waals surface area contributed by atoms with Crippen molar-refractivity contribution in [2.75, 3.05) is 18.5 Å². The number of halogens is 2. The van der Waals surface area contributed by atoms with Gasteiger partial charge in [-0.25, -0.2) is 4.39 Å². The number of likely N-dealkylation sites (N-methyl/N-ethyl adjacent to an activating group) is 1. The van der Waals surface area contributed by atoms with Crippen molar-refractivity contribution in [1.29, 1.82) is 0 Å². The molecule has 1 N–H and O–H groups in total. The molecule has 0 spiro atoms. The van der Waals surface area contributed by atoms with Gasteiger partial charge in [0.05, 0.1) is 15.0 Å². The average Bonchev–Trinajstić information content (AvgIpc) is 2.18. The average molecular weight is 321 g/mol. The van der Waals surface area contributed by atoms with Crippen LogP contribution in [0.5, 0.6) is 0 Å². The fraction of sp³-hybridized carbons (Fsp3) is 0.455. The normalized spacial score (nSPS) is 11.4. The van der Waals surface area contributed by atoms with E-state index in [2.05, 4.69) is 15.9 Å². The number of aliphatic hydroxyl groups is 1. The molecule has 0 aliphatic carbocycles. The van der Waals surface area contributed by atoms with Gasteiger partial charge in [0.2, 0.25) is 0 Å². The van der Waals surface area contributed by atoms with Crippen LogP contribution in [0.25, 0.3) is 0 Å². The second-order valence-electron chi connectivity index (χ2n) is 4.68. The summed E-state index contributed by atoms with van der Waals surface area (Å²) in [5.41, 5.74) is -1.12. The molecule has 0 atom stereocenters. The van der Waals surface area contributed by atoms with Crippen LogP contribution in [0.2, 0.25) is 0 Å². The summed E-state index contributed by atoms with van der Waals surface area (Å²) in [5, 5.41) is 20.6. The topological polar surface area (TPSA) is 66.6 Å². The first kappa shape index (κ1) is 14.8. The molecule has 0 aromatic heterocycles. The molecule has 0 aliphatic heterocycles. The highest BCUT2D eigenvalue weighted by molar-refractivity contribution is 9.10. The molecule has 1 rings (SSSR count). The predicted molar refractivity (Wildman–Crippen MR) is 70.3 cm³/mol. The van der Waals surface area contributed by atoms with Crippen LogP contribution in [-0.2, 0) is 0 Å². The Labute approximate surface area is 112 Å². The zero-order valence-corrected chi connectivity index (χ0v) is 11.9. The third-order valence-corrected chi connectivity index (χ3v) is 2.86. The molecule has 1 aromatic carbocycles. The molecule has 0 saturated heterocycles. The van der Waals surface area contributed by atoms with Gasteiger partial charge >= 0.3 is 0 Å². The van der Waals surface area contributed by atoms with Gasteiger partial charge in [0.1, 0.15) is 11.5 Å². The summed E-state index contributed by atoms with van der Waals surface area (Å²) in [7, 11) is 1.56. The van der Waals surface area contributed by atoms with E-state index >= 15 is 0 Å². The molecule has 0 unspecified atom stereocenters. The zero-order chi connectivity index (χ0) is 14.1. The lowest BCUT2D eigenvalue weighted by Crippen LogP contribution is -2.36. The van der Waals surface area contributed by atoms with Crippen LogP contribution in [0.3, 0.4) is 0 Å². The van der Waals surface area contributed by atoms with Gasteiger partial charge in [0.25, 0.3) is 5.69 Å². The van der Waals surface area contributed by atoms with Crippen LogP contribution in [0.15, 0.2) is 16.6 Å². The Kier molecular flexibility index (Phi) is 4.28. The van der Waals surface area contributed by atoms with Gasteiger partial charge in [-0.15, -0.1) is 0 Å². The van der Waals surface area contributed by atoms with Gasteiger partial charge < -0.3 is 10.0 Å². The Morgan fingerprint density at radius 2 is 2.11 bits per heavy atom. The molecule has 0 amide bonds. The van der Waals surface area contributed by atoms with E-state index in [1.807, 2.05) is 0 Å². The summed E-state index contributed by atoms with van der Waals surface area (Å²) in [6.45, 7) is 3.30. The molecule has 0 bridgehead atoms. The van der Waals surface area contributed by atoms with Crippen molar-refractivity contribution in [2.45, 2.75) is 19.4 Å². The minimum Gasteiger partial charge on any atom is -0.389 e. The fourth-order valence-corrected chi connectivity index (χ4v) is 1.97. The van der Waals surface area contributed by atoms with Crippen molar-refractivity contribution in [2.24, 2.45) is 0 Å². The van der Waals surface area contributed by atoms with Gasteiger partial charge in [-0.1, -0.05) is 0 Å². The monoisotopic (exact) mass is 320 g/mol. The van der Waals surface area contributed by atoms with E-state index in [0.29, 0.717) is 0 Å². The minimum atomic E-state index is -1.04. The lowest BCUT2D eigenvalue weighted by Gasteiger charge is -2.27. The number of nitro groups is 1.